The molecule has 7 aliphatic rings. The molecule has 7 heterocycles. The summed E-state index contributed by atoms with van der Waals surface area (Å²) in [6.45, 7) is 12.8. The third-order valence-corrected chi connectivity index (χ3v) is 14.3. The van der Waals surface area contributed by atoms with Crippen molar-refractivity contribution in [3.63, 3.8) is 0 Å². The molecule has 5 aliphatic heterocycles. The van der Waals surface area contributed by atoms with Crippen LogP contribution in [-0.4, -0.2) is 136 Å². The standard InChI is InChI=1S/C44H50N10O5/c1-44(10-11-44)59-28-3-5-35-31(19-28)40(49-48-35)36-20-38(46-25-45-36)53-23-33-32(34(33)24-53)22-51-16-14-50(15-17-51)21-26-8-12-52(13-9-26)27-2-4-29-30(18-27)43(58)54(42(29)57)37-6-7-39(55)47-41(37)56/h2-5,18-20,25-26,32-34,37H,6-17,21-24H2,1H3,(H,48,49)(H,47,55,56)/t32?,33-,34+,37?. The number of nitrogens with zero attached hydrogens (tertiary/aromatic N) is 8. The number of fused-ring (bicyclic) bond motifs is 3. The van der Waals surface area contributed by atoms with Gasteiger partial charge < -0.3 is 24.3 Å². The number of amides is 4. The SMILES string of the molecule is CC1(Oc2ccc3[nH]nc(-c4cc(N5C[C@@H]6C(CN7CCN(CC8CCN(c9ccc%10c(c9)C(=O)N(C9CCC(=O)NC9=O)C%10=O)CC8)CC7)[C@@H]6C5)ncn4)c3c2)CC1. The number of hydrogen-bond acceptors (Lipinski definition) is 12. The van der Waals surface area contributed by atoms with Gasteiger partial charge in [-0.3, -0.25) is 34.5 Å². The molecule has 0 radical (unpaired) electrons. The maximum atomic E-state index is 13.4. The van der Waals surface area contributed by atoms with Gasteiger partial charge in [0.15, 0.2) is 0 Å². The Morgan fingerprint density at radius 3 is 2.29 bits per heavy atom. The summed E-state index contributed by atoms with van der Waals surface area (Å²) in [5.74, 6) is 2.80. The largest absolute Gasteiger partial charge is 0.488 e. The highest BCUT2D eigenvalue weighted by atomic mass is 16.5. The minimum absolute atomic E-state index is 0.0397. The van der Waals surface area contributed by atoms with Crippen molar-refractivity contribution in [3.05, 3.63) is 59.9 Å². The second kappa shape index (κ2) is 14.1. The quantitative estimate of drug-likeness (QED) is 0.225. The molecule has 2 N–H and O–H groups in total. The lowest BCUT2D eigenvalue weighted by Crippen LogP contribution is -2.54. The molecule has 59 heavy (non-hydrogen) atoms. The number of benzene rings is 2. The lowest BCUT2D eigenvalue weighted by molar-refractivity contribution is -0.136. The number of carbonyl (C=O) groups is 4. The van der Waals surface area contributed by atoms with E-state index in [4.69, 9.17) is 4.74 Å². The minimum Gasteiger partial charge on any atom is -0.488 e. The van der Waals surface area contributed by atoms with Gasteiger partial charge in [-0.1, -0.05) is 0 Å². The normalized spacial score (nSPS) is 27.0. The zero-order valence-corrected chi connectivity index (χ0v) is 33.4. The van der Waals surface area contributed by atoms with Gasteiger partial charge in [-0.15, -0.1) is 0 Å². The first-order valence-corrected chi connectivity index (χ1v) is 21.5. The molecule has 4 aromatic rings. The number of carbonyl (C=O) groups excluding carboxylic acids is 4. The third-order valence-electron chi connectivity index (χ3n) is 14.3. The zero-order chi connectivity index (χ0) is 40.0. The molecule has 4 amide bonds. The number of piperidine rings is 3. The lowest BCUT2D eigenvalue weighted by atomic mass is 9.95. The maximum absolute atomic E-state index is 13.4. The summed E-state index contributed by atoms with van der Waals surface area (Å²) in [6, 6.07) is 12.7. The minimum atomic E-state index is -0.951. The Bertz CT molecular complexity index is 2350. The Morgan fingerprint density at radius 1 is 0.797 bits per heavy atom. The number of ether oxygens (including phenoxy) is 1. The monoisotopic (exact) mass is 798 g/mol. The van der Waals surface area contributed by atoms with Crippen molar-refractivity contribution in [2.24, 2.45) is 23.7 Å². The zero-order valence-electron chi connectivity index (χ0n) is 33.4. The van der Waals surface area contributed by atoms with E-state index in [1.807, 2.05) is 24.3 Å². The third kappa shape index (κ3) is 6.81. The van der Waals surface area contributed by atoms with Gasteiger partial charge in [-0.2, -0.15) is 5.10 Å². The molecule has 15 nitrogen and oxygen atoms in total. The summed E-state index contributed by atoms with van der Waals surface area (Å²) in [7, 11) is 0. The van der Waals surface area contributed by atoms with Gasteiger partial charge in [0.05, 0.1) is 22.3 Å². The van der Waals surface area contributed by atoms with E-state index in [1.54, 1.807) is 12.4 Å². The van der Waals surface area contributed by atoms with Crippen LogP contribution >= 0.6 is 0 Å². The van der Waals surface area contributed by atoms with Crippen LogP contribution in [-0.2, 0) is 9.59 Å². The predicted octanol–water partition coefficient (Wildman–Crippen LogP) is 3.57. The molecule has 6 fully saturated rings. The van der Waals surface area contributed by atoms with Crippen LogP contribution in [0.25, 0.3) is 22.3 Å². The predicted molar refractivity (Wildman–Crippen MR) is 219 cm³/mol. The Labute approximate surface area is 342 Å². The first-order chi connectivity index (χ1) is 28.7. The summed E-state index contributed by atoms with van der Waals surface area (Å²) in [4.78, 5) is 71.0. The molecular weight excluding hydrogens is 749 g/mol. The number of hydrogen-bond donors (Lipinski definition) is 2. The number of H-pyrrole nitrogens is 1. The number of aromatic nitrogens is 4. The number of anilines is 2. The first kappa shape index (κ1) is 36.7. The number of imide groups is 2. The van der Waals surface area contributed by atoms with E-state index < -0.39 is 23.8 Å². The van der Waals surface area contributed by atoms with Crippen LogP contribution < -0.4 is 19.9 Å². The van der Waals surface area contributed by atoms with Crippen LogP contribution in [0.2, 0.25) is 0 Å². The van der Waals surface area contributed by atoms with Crippen LogP contribution in [0, 0.1) is 23.7 Å². The highest BCUT2D eigenvalue weighted by Crippen LogP contribution is 2.53. The Hall–Kier alpha value is -5.41. The highest BCUT2D eigenvalue weighted by molar-refractivity contribution is 6.23. The number of aromatic amines is 1. The fourth-order valence-electron chi connectivity index (χ4n) is 10.4. The second-order valence-corrected chi connectivity index (χ2v) is 18.2. The van der Waals surface area contributed by atoms with Gasteiger partial charge in [0.1, 0.15) is 35.2 Å². The molecule has 2 unspecified atom stereocenters. The molecule has 0 spiro atoms. The fraction of sp³-hybridized carbons (Fsp3) is 0.523. The summed E-state index contributed by atoms with van der Waals surface area (Å²) in [6.07, 6.45) is 6.28. The molecule has 306 valence electrons. The summed E-state index contributed by atoms with van der Waals surface area (Å²) < 4.78 is 6.23. The van der Waals surface area contributed by atoms with E-state index >= 15 is 0 Å². The van der Waals surface area contributed by atoms with Gasteiger partial charge >= 0.3 is 0 Å². The summed E-state index contributed by atoms with van der Waals surface area (Å²) >= 11 is 0. The summed E-state index contributed by atoms with van der Waals surface area (Å²) in [5, 5.41) is 11.1. The lowest BCUT2D eigenvalue weighted by Gasteiger charge is -2.39. The number of rotatable bonds is 10. The molecule has 2 aromatic carbocycles. The van der Waals surface area contributed by atoms with Crippen molar-refractivity contribution >= 4 is 46.0 Å². The Balaban J connectivity index is 0.630. The van der Waals surface area contributed by atoms with E-state index in [-0.39, 0.29) is 24.3 Å². The van der Waals surface area contributed by atoms with Crippen molar-refractivity contribution in [1.82, 2.24) is 40.2 Å². The van der Waals surface area contributed by atoms with Gasteiger partial charge in [-0.25, -0.2) is 9.97 Å². The van der Waals surface area contributed by atoms with Crippen LogP contribution in [0.4, 0.5) is 11.5 Å². The molecule has 2 saturated carbocycles. The first-order valence-electron chi connectivity index (χ1n) is 21.5. The molecule has 4 atom stereocenters. The molecule has 2 aromatic heterocycles. The van der Waals surface area contributed by atoms with Crippen LogP contribution in [0.3, 0.4) is 0 Å². The van der Waals surface area contributed by atoms with Gasteiger partial charge in [0, 0.05) is 89.0 Å². The van der Waals surface area contributed by atoms with Gasteiger partial charge in [0.25, 0.3) is 11.8 Å². The Morgan fingerprint density at radius 2 is 1.54 bits per heavy atom. The topological polar surface area (TPSA) is 160 Å². The summed E-state index contributed by atoms with van der Waals surface area (Å²) in [5.41, 5.74) is 4.19. The van der Waals surface area contributed by atoms with Crippen molar-refractivity contribution in [1.29, 1.82) is 0 Å². The van der Waals surface area contributed by atoms with Crippen LogP contribution in [0.5, 0.6) is 5.75 Å². The number of nitrogens with one attached hydrogen (secondary N) is 2. The highest BCUT2D eigenvalue weighted by Gasteiger charge is 2.56. The van der Waals surface area contributed by atoms with E-state index in [0.29, 0.717) is 17.0 Å². The average molecular weight is 799 g/mol. The smallest absolute Gasteiger partial charge is 0.262 e. The van der Waals surface area contributed by atoms with E-state index in [0.717, 1.165) is 147 Å². The molecule has 2 aliphatic carbocycles. The molecule has 15 heteroatoms. The van der Waals surface area contributed by atoms with E-state index in [9.17, 15) is 19.2 Å². The fourth-order valence-corrected chi connectivity index (χ4v) is 10.4. The number of piperazine rings is 1. The molecular formula is C44H50N10O5. The van der Waals surface area contributed by atoms with E-state index in [2.05, 4.69) is 64.1 Å². The molecule has 0 bridgehead atoms. The average Bonchev–Trinajstić information content (AvgIpc) is 3.90. The van der Waals surface area contributed by atoms with Crippen LogP contribution in [0.15, 0.2) is 48.8 Å². The van der Waals surface area contributed by atoms with Gasteiger partial charge in [0.2, 0.25) is 11.8 Å². The second-order valence-electron chi connectivity index (χ2n) is 18.2. The molecule has 11 rings (SSSR count). The molecule has 4 saturated heterocycles. The van der Waals surface area contributed by atoms with Crippen molar-refractivity contribution < 1.29 is 23.9 Å². The Kier molecular flexibility index (Phi) is 8.77. The van der Waals surface area contributed by atoms with Gasteiger partial charge in [-0.05, 0) is 99.1 Å². The maximum Gasteiger partial charge on any atom is 0.262 e. The van der Waals surface area contributed by atoms with Crippen LogP contribution in [0.1, 0.15) is 66.2 Å². The van der Waals surface area contributed by atoms with Crippen molar-refractivity contribution in [3.8, 4) is 17.1 Å². The van der Waals surface area contributed by atoms with Crippen molar-refractivity contribution in [2.45, 2.75) is 57.1 Å². The van der Waals surface area contributed by atoms with Crippen molar-refractivity contribution in [2.75, 3.05) is 75.2 Å². The van der Waals surface area contributed by atoms with E-state index in [1.165, 1.54) is 6.54 Å².